The second-order valence-electron chi connectivity index (χ2n) is 5.51. The van der Waals surface area contributed by atoms with Crippen LogP contribution in [-0.4, -0.2) is 6.21 Å². The molecule has 0 aromatic heterocycles. The van der Waals surface area contributed by atoms with Gasteiger partial charge >= 0.3 is 0 Å². The molecule has 0 radical (unpaired) electrons. The average molecular weight is 265 g/mol. The Hall–Kier alpha value is -1.89. The van der Waals surface area contributed by atoms with Gasteiger partial charge in [-0.05, 0) is 49.9 Å². The van der Waals surface area contributed by atoms with E-state index in [1.165, 1.54) is 27.8 Å². The van der Waals surface area contributed by atoms with E-state index in [1.807, 2.05) is 12.3 Å². The molecular weight excluding hydrogens is 242 g/mol. The van der Waals surface area contributed by atoms with Gasteiger partial charge in [-0.1, -0.05) is 48.0 Å². The van der Waals surface area contributed by atoms with E-state index in [0.717, 1.165) is 6.42 Å². The summed E-state index contributed by atoms with van der Waals surface area (Å²) in [5.74, 6) is 0. The van der Waals surface area contributed by atoms with Crippen LogP contribution >= 0.6 is 0 Å². The van der Waals surface area contributed by atoms with Crippen LogP contribution < -0.4 is 0 Å². The Labute approximate surface area is 122 Å². The number of hydrogen-bond donors (Lipinski definition) is 0. The number of nitrogens with zero attached hydrogens (tertiary/aromatic N) is 1. The molecule has 2 aromatic rings. The van der Waals surface area contributed by atoms with Gasteiger partial charge in [0.25, 0.3) is 0 Å². The van der Waals surface area contributed by atoms with Gasteiger partial charge in [0, 0.05) is 12.6 Å². The highest BCUT2D eigenvalue weighted by Gasteiger charge is 2.10. The van der Waals surface area contributed by atoms with E-state index in [9.17, 15) is 0 Å². The van der Waals surface area contributed by atoms with Crippen molar-refractivity contribution in [2.75, 3.05) is 0 Å². The summed E-state index contributed by atoms with van der Waals surface area (Å²) in [5, 5.41) is 0. The number of benzene rings is 2. The summed E-state index contributed by atoms with van der Waals surface area (Å²) in [6.45, 7) is 8.68. The maximum atomic E-state index is 4.72. The van der Waals surface area contributed by atoms with Gasteiger partial charge in [-0.2, -0.15) is 0 Å². The minimum absolute atomic E-state index is 0.222. The molecule has 0 bridgehead atoms. The van der Waals surface area contributed by atoms with Crippen molar-refractivity contribution in [1.82, 2.24) is 0 Å². The van der Waals surface area contributed by atoms with Gasteiger partial charge < -0.3 is 0 Å². The first-order valence-electron chi connectivity index (χ1n) is 7.21. The van der Waals surface area contributed by atoms with Crippen LogP contribution in [0.4, 0.5) is 0 Å². The van der Waals surface area contributed by atoms with Crippen LogP contribution in [0.3, 0.4) is 0 Å². The minimum atomic E-state index is 0.222. The molecule has 0 heterocycles. The Balaban J connectivity index is 2.10. The highest BCUT2D eigenvalue weighted by molar-refractivity contribution is 5.62. The van der Waals surface area contributed by atoms with E-state index in [0.29, 0.717) is 0 Å². The van der Waals surface area contributed by atoms with Gasteiger partial charge in [0.15, 0.2) is 0 Å². The van der Waals surface area contributed by atoms with E-state index in [1.54, 1.807) is 0 Å². The topological polar surface area (TPSA) is 12.4 Å². The van der Waals surface area contributed by atoms with Crippen molar-refractivity contribution in [2.45, 2.75) is 40.2 Å². The quantitative estimate of drug-likeness (QED) is 0.691. The molecule has 0 spiro atoms. The molecule has 0 aliphatic rings. The number of rotatable bonds is 4. The third-order valence-corrected chi connectivity index (χ3v) is 3.65. The van der Waals surface area contributed by atoms with Crippen LogP contribution in [0, 0.1) is 20.8 Å². The summed E-state index contributed by atoms with van der Waals surface area (Å²) in [7, 11) is 0. The molecule has 0 aliphatic carbocycles. The zero-order valence-electron chi connectivity index (χ0n) is 12.9. The molecule has 0 saturated heterocycles. The Morgan fingerprint density at radius 2 is 1.60 bits per heavy atom. The molecule has 2 aromatic carbocycles. The van der Waals surface area contributed by atoms with E-state index in [-0.39, 0.29) is 6.04 Å². The zero-order chi connectivity index (χ0) is 14.5. The Bertz CT molecular complexity index is 573. The molecule has 0 N–H and O–H groups in total. The van der Waals surface area contributed by atoms with Crippen LogP contribution in [-0.2, 0) is 6.42 Å². The highest BCUT2D eigenvalue weighted by atomic mass is 14.8. The summed E-state index contributed by atoms with van der Waals surface area (Å²) < 4.78 is 0. The highest BCUT2D eigenvalue weighted by Crippen LogP contribution is 2.25. The van der Waals surface area contributed by atoms with E-state index in [4.69, 9.17) is 4.99 Å². The SMILES string of the molecule is Cc1cc(C)c(C(C)N=CCc2ccccc2)c(C)c1. The minimum Gasteiger partial charge on any atom is -0.289 e. The smallest absolute Gasteiger partial charge is 0.0722 e. The molecule has 0 aliphatic heterocycles. The van der Waals surface area contributed by atoms with Crippen molar-refractivity contribution < 1.29 is 0 Å². The Kier molecular flexibility index (Phi) is 4.73. The first-order valence-corrected chi connectivity index (χ1v) is 7.21. The fourth-order valence-electron chi connectivity index (χ4n) is 2.86. The molecule has 1 atom stereocenters. The molecular formula is C19H23N. The van der Waals surface area contributed by atoms with Crippen LogP contribution in [0.1, 0.15) is 40.8 Å². The molecule has 1 unspecified atom stereocenters. The first kappa shape index (κ1) is 14.5. The van der Waals surface area contributed by atoms with Crippen molar-refractivity contribution in [1.29, 1.82) is 0 Å². The summed E-state index contributed by atoms with van der Waals surface area (Å²) in [5.41, 5.74) is 6.67. The molecule has 0 saturated carbocycles. The normalized spacial score (nSPS) is 12.8. The van der Waals surface area contributed by atoms with E-state index < -0.39 is 0 Å². The van der Waals surface area contributed by atoms with Crippen LogP contribution in [0.5, 0.6) is 0 Å². The van der Waals surface area contributed by atoms with E-state index in [2.05, 4.69) is 64.1 Å². The largest absolute Gasteiger partial charge is 0.289 e. The summed E-state index contributed by atoms with van der Waals surface area (Å²) >= 11 is 0. The average Bonchev–Trinajstić information content (AvgIpc) is 2.38. The Morgan fingerprint density at radius 3 is 2.20 bits per heavy atom. The third-order valence-electron chi connectivity index (χ3n) is 3.65. The number of aryl methyl sites for hydroxylation is 3. The fourth-order valence-corrected chi connectivity index (χ4v) is 2.86. The monoisotopic (exact) mass is 265 g/mol. The van der Waals surface area contributed by atoms with Gasteiger partial charge in [0.2, 0.25) is 0 Å². The van der Waals surface area contributed by atoms with Gasteiger partial charge in [-0.15, -0.1) is 0 Å². The maximum Gasteiger partial charge on any atom is 0.0722 e. The zero-order valence-corrected chi connectivity index (χ0v) is 12.9. The lowest BCUT2D eigenvalue weighted by molar-refractivity contribution is 0.804. The molecule has 1 heteroatoms. The van der Waals surface area contributed by atoms with Crippen molar-refractivity contribution >= 4 is 6.21 Å². The lowest BCUT2D eigenvalue weighted by Gasteiger charge is -2.15. The predicted molar refractivity (Wildman–Crippen MR) is 87.7 cm³/mol. The molecule has 0 fully saturated rings. The van der Waals surface area contributed by atoms with Crippen LogP contribution in [0.15, 0.2) is 47.5 Å². The van der Waals surface area contributed by atoms with Crippen molar-refractivity contribution in [3.8, 4) is 0 Å². The third kappa shape index (κ3) is 3.57. The fraction of sp³-hybridized carbons (Fsp3) is 0.316. The maximum absolute atomic E-state index is 4.72. The van der Waals surface area contributed by atoms with Gasteiger partial charge in [0.05, 0.1) is 6.04 Å². The van der Waals surface area contributed by atoms with Gasteiger partial charge in [-0.3, -0.25) is 4.99 Å². The second kappa shape index (κ2) is 6.51. The number of aliphatic imine (C=N–C) groups is 1. The molecule has 20 heavy (non-hydrogen) atoms. The predicted octanol–water partition coefficient (Wildman–Crippen LogP) is 4.99. The van der Waals surface area contributed by atoms with Crippen molar-refractivity contribution in [3.63, 3.8) is 0 Å². The Morgan fingerprint density at radius 1 is 1.00 bits per heavy atom. The summed E-state index contributed by atoms with van der Waals surface area (Å²) in [6.07, 6.45) is 2.94. The number of hydrogen-bond acceptors (Lipinski definition) is 1. The summed E-state index contributed by atoms with van der Waals surface area (Å²) in [6, 6.07) is 15.2. The summed E-state index contributed by atoms with van der Waals surface area (Å²) in [4.78, 5) is 4.72. The lowest BCUT2D eigenvalue weighted by atomic mass is 9.95. The second-order valence-corrected chi connectivity index (χ2v) is 5.51. The molecule has 104 valence electrons. The molecule has 0 amide bonds. The van der Waals surface area contributed by atoms with Crippen molar-refractivity contribution in [3.05, 3.63) is 70.3 Å². The van der Waals surface area contributed by atoms with Gasteiger partial charge in [-0.25, -0.2) is 0 Å². The van der Waals surface area contributed by atoms with Gasteiger partial charge in [0.1, 0.15) is 0 Å². The first-order chi connectivity index (χ1) is 9.58. The van der Waals surface area contributed by atoms with Crippen LogP contribution in [0.25, 0.3) is 0 Å². The molecule has 1 nitrogen and oxygen atoms in total. The molecule has 2 rings (SSSR count). The van der Waals surface area contributed by atoms with Crippen LogP contribution in [0.2, 0.25) is 0 Å². The van der Waals surface area contributed by atoms with Crippen molar-refractivity contribution in [2.24, 2.45) is 4.99 Å². The standard InChI is InChI=1S/C19H23N/c1-14-12-15(2)19(16(3)13-14)17(4)20-11-10-18-8-6-5-7-9-18/h5-9,11-13,17H,10H2,1-4H3. The lowest BCUT2D eigenvalue weighted by Crippen LogP contribution is -1.99. The van der Waals surface area contributed by atoms with E-state index >= 15 is 0 Å².